The number of hydrogen-bond donors (Lipinski definition) is 1. The predicted molar refractivity (Wildman–Crippen MR) is 63.8 cm³/mol. The smallest absolute Gasteiger partial charge is 0.322 e. The van der Waals surface area contributed by atoms with Gasteiger partial charge in [-0.05, 0) is 0 Å². The summed E-state index contributed by atoms with van der Waals surface area (Å²) in [6, 6.07) is 0.0960. The SMILES string of the molecule is COc1nc(N)nc(N(C)CCS(C)(=O)=O)n1. The number of methoxy groups -OCH3 is 1. The maximum absolute atomic E-state index is 11.0. The largest absolute Gasteiger partial charge is 0.467 e. The van der Waals surface area contributed by atoms with Crippen LogP contribution in [0, 0.1) is 0 Å². The molecule has 1 heterocycles. The van der Waals surface area contributed by atoms with Crippen molar-refractivity contribution in [3.63, 3.8) is 0 Å². The van der Waals surface area contributed by atoms with Gasteiger partial charge < -0.3 is 15.4 Å². The van der Waals surface area contributed by atoms with E-state index in [2.05, 4.69) is 15.0 Å². The average Bonchev–Trinajstić information content (AvgIpc) is 2.23. The van der Waals surface area contributed by atoms with Crippen molar-refractivity contribution >= 4 is 21.7 Å². The van der Waals surface area contributed by atoms with Crippen LogP contribution in [-0.2, 0) is 9.84 Å². The van der Waals surface area contributed by atoms with Crippen LogP contribution in [0.4, 0.5) is 11.9 Å². The first-order valence-electron chi connectivity index (χ1n) is 4.76. The summed E-state index contributed by atoms with van der Waals surface area (Å²) in [5.41, 5.74) is 5.47. The van der Waals surface area contributed by atoms with Gasteiger partial charge in [0.25, 0.3) is 0 Å². The molecule has 0 radical (unpaired) electrons. The molecule has 0 unspecified atom stereocenters. The highest BCUT2D eigenvalue weighted by molar-refractivity contribution is 7.90. The van der Waals surface area contributed by atoms with Gasteiger partial charge in [-0.3, -0.25) is 0 Å². The number of sulfone groups is 1. The van der Waals surface area contributed by atoms with Gasteiger partial charge in [-0.1, -0.05) is 0 Å². The van der Waals surface area contributed by atoms with Gasteiger partial charge in [0.1, 0.15) is 9.84 Å². The van der Waals surface area contributed by atoms with E-state index in [4.69, 9.17) is 10.5 Å². The molecule has 1 aromatic rings. The Labute approximate surface area is 99.8 Å². The highest BCUT2D eigenvalue weighted by Gasteiger charge is 2.11. The molecule has 8 nitrogen and oxygen atoms in total. The number of nitrogens with two attached hydrogens (primary N) is 1. The topological polar surface area (TPSA) is 111 Å². The number of rotatable bonds is 5. The molecular weight excluding hydrogens is 246 g/mol. The van der Waals surface area contributed by atoms with Gasteiger partial charge >= 0.3 is 6.01 Å². The highest BCUT2D eigenvalue weighted by atomic mass is 32.2. The molecule has 0 atom stereocenters. The zero-order chi connectivity index (χ0) is 13.1. The molecule has 0 saturated heterocycles. The number of anilines is 2. The Morgan fingerprint density at radius 1 is 1.35 bits per heavy atom. The predicted octanol–water partition coefficient (Wildman–Crippen LogP) is -1.06. The van der Waals surface area contributed by atoms with E-state index < -0.39 is 9.84 Å². The van der Waals surface area contributed by atoms with Crippen LogP contribution in [0.2, 0.25) is 0 Å². The van der Waals surface area contributed by atoms with E-state index in [9.17, 15) is 8.42 Å². The lowest BCUT2D eigenvalue weighted by molar-refractivity contribution is 0.379. The van der Waals surface area contributed by atoms with Crippen LogP contribution in [0.25, 0.3) is 0 Å². The van der Waals surface area contributed by atoms with Crippen molar-refractivity contribution in [3.05, 3.63) is 0 Å². The molecule has 0 saturated carbocycles. The van der Waals surface area contributed by atoms with Gasteiger partial charge in [0.2, 0.25) is 11.9 Å². The van der Waals surface area contributed by atoms with Crippen molar-refractivity contribution in [2.24, 2.45) is 0 Å². The van der Waals surface area contributed by atoms with Gasteiger partial charge in [-0.25, -0.2) is 8.42 Å². The maximum Gasteiger partial charge on any atom is 0.322 e. The van der Waals surface area contributed by atoms with Gasteiger partial charge in [0.15, 0.2) is 0 Å². The minimum Gasteiger partial charge on any atom is -0.467 e. The van der Waals surface area contributed by atoms with Crippen molar-refractivity contribution in [1.82, 2.24) is 15.0 Å². The lowest BCUT2D eigenvalue weighted by Gasteiger charge is -2.16. The summed E-state index contributed by atoms with van der Waals surface area (Å²) in [5.74, 6) is 0.313. The van der Waals surface area contributed by atoms with Crippen LogP contribution in [0.3, 0.4) is 0 Å². The third kappa shape index (κ3) is 4.39. The number of ether oxygens (including phenoxy) is 1. The lowest BCUT2D eigenvalue weighted by atomic mass is 10.6. The van der Waals surface area contributed by atoms with Gasteiger partial charge in [-0.2, -0.15) is 15.0 Å². The van der Waals surface area contributed by atoms with Crippen LogP contribution in [0.15, 0.2) is 0 Å². The third-order valence-corrected chi connectivity index (χ3v) is 2.87. The zero-order valence-electron chi connectivity index (χ0n) is 9.91. The summed E-state index contributed by atoms with van der Waals surface area (Å²) in [5, 5.41) is 0. The fraction of sp³-hybridized carbons (Fsp3) is 0.625. The Bertz CT molecular complexity index is 490. The molecule has 1 aromatic heterocycles. The molecule has 2 N–H and O–H groups in total. The quantitative estimate of drug-likeness (QED) is 0.714. The molecule has 0 spiro atoms. The van der Waals surface area contributed by atoms with Crippen LogP contribution in [0.5, 0.6) is 6.01 Å². The van der Waals surface area contributed by atoms with E-state index in [1.54, 1.807) is 11.9 Å². The standard InChI is InChI=1S/C8H15N5O3S/c1-13(4-5-17(3,14)15)7-10-6(9)11-8(12-7)16-2/h4-5H2,1-3H3,(H2,9,10,11,12). The van der Waals surface area contributed by atoms with E-state index in [0.717, 1.165) is 0 Å². The third-order valence-electron chi connectivity index (χ3n) is 1.94. The minimum absolute atomic E-state index is 0.0113. The first-order valence-corrected chi connectivity index (χ1v) is 6.82. The van der Waals surface area contributed by atoms with Gasteiger partial charge in [-0.15, -0.1) is 0 Å². The first-order chi connectivity index (χ1) is 7.81. The van der Waals surface area contributed by atoms with E-state index in [0.29, 0.717) is 0 Å². The number of nitrogen functional groups attached to an aromatic ring is 1. The second kappa shape index (κ2) is 5.13. The Kier molecular flexibility index (Phi) is 4.05. The molecule has 0 bridgehead atoms. The maximum atomic E-state index is 11.0. The van der Waals surface area contributed by atoms with Crippen molar-refractivity contribution < 1.29 is 13.2 Å². The first kappa shape index (κ1) is 13.4. The number of nitrogens with zero attached hydrogens (tertiary/aromatic N) is 4. The lowest BCUT2D eigenvalue weighted by Crippen LogP contribution is -2.27. The van der Waals surface area contributed by atoms with Gasteiger partial charge in [0.05, 0.1) is 12.9 Å². The Balaban J connectivity index is 2.81. The fourth-order valence-electron chi connectivity index (χ4n) is 1.03. The second-order valence-corrected chi connectivity index (χ2v) is 5.79. The number of aromatic nitrogens is 3. The summed E-state index contributed by atoms with van der Waals surface area (Å²) in [6.07, 6.45) is 1.17. The van der Waals surface area contributed by atoms with Crippen molar-refractivity contribution in [3.8, 4) is 6.01 Å². The van der Waals surface area contributed by atoms with Crippen LogP contribution >= 0.6 is 0 Å². The summed E-state index contributed by atoms with van der Waals surface area (Å²) in [6.45, 7) is 0.269. The molecule has 0 aliphatic carbocycles. The van der Waals surface area contributed by atoms with E-state index in [1.165, 1.54) is 13.4 Å². The molecular formula is C8H15N5O3S. The van der Waals surface area contributed by atoms with Crippen LogP contribution in [0.1, 0.15) is 0 Å². The van der Waals surface area contributed by atoms with Crippen molar-refractivity contribution in [2.75, 3.05) is 43.3 Å². The molecule has 0 aliphatic heterocycles. The summed E-state index contributed by atoms with van der Waals surface area (Å²) < 4.78 is 26.9. The van der Waals surface area contributed by atoms with E-state index in [-0.39, 0.29) is 30.2 Å². The molecule has 0 aliphatic rings. The summed E-state index contributed by atoms with van der Waals surface area (Å²) in [4.78, 5) is 13.2. The van der Waals surface area contributed by atoms with Crippen LogP contribution < -0.4 is 15.4 Å². The molecule has 0 fully saturated rings. The van der Waals surface area contributed by atoms with Crippen LogP contribution in [-0.4, -0.2) is 56.1 Å². The minimum atomic E-state index is -3.03. The molecule has 96 valence electrons. The molecule has 0 amide bonds. The van der Waals surface area contributed by atoms with E-state index >= 15 is 0 Å². The van der Waals surface area contributed by atoms with Gasteiger partial charge in [0, 0.05) is 19.8 Å². The zero-order valence-corrected chi connectivity index (χ0v) is 10.7. The normalized spacial score (nSPS) is 11.2. The molecule has 1 rings (SSSR count). The van der Waals surface area contributed by atoms with E-state index in [1.807, 2.05) is 0 Å². The Morgan fingerprint density at radius 3 is 2.53 bits per heavy atom. The Morgan fingerprint density at radius 2 is 2.00 bits per heavy atom. The Hall–Kier alpha value is -1.64. The highest BCUT2D eigenvalue weighted by Crippen LogP contribution is 2.11. The van der Waals surface area contributed by atoms with Crippen molar-refractivity contribution in [1.29, 1.82) is 0 Å². The monoisotopic (exact) mass is 261 g/mol. The molecule has 17 heavy (non-hydrogen) atoms. The fourth-order valence-corrected chi connectivity index (χ4v) is 1.63. The molecule has 9 heteroatoms. The number of hydrogen-bond acceptors (Lipinski definition) is 8. The molecule has 0 aromatic carbocycles. The van der Waals surface area contributed by atoms with Crippen molar-refractivity contribution in [2.45, 2.75) is 0 Å². The second-order valence-electron chi connectivity index (χ2n) is 3.53. The summed E-state index contributed by atoms with van der Waals surface area (Å²) in [7, 11) is 0.0495. The summed E-state index contributed by atoms with van der Waals surface area (Å²) >= 11 is 0. The average molecular weight is 261 g/mol.